The van der Waals surface area contributed by atoms with Crippen molar-refractivity contribution in [2.24, 2.45) is 5.92 Å². The lowest BCUT2D eigenvalue weighted by molar-refractivity contribution is 0.315. The lowest BCUT2D eigenvalue weighted by Gasteiger charge is -2.16. The van der Waals surface area contributed by atoms with Gasteiger partial charge in [-0.3, -0.25) is 0 Å². The number of hydrogen-bond acceptors (Lipinski definition) is 4. The summed E-state index contributed by atoms with van der Waals surface area (Å²) in [5.41, 5.74) is 0. The van der Waals surface area contributed by atoms with Gasteiger partial charge in [-0.2, -0.15) is 4.31 Å². The van der Waals surface area contributed by atoms with Crippen molar-refractivity contribution in [3.63, 3.8) is 0 Å². The predicted octanol–water partition coefficient (Wildman–Crippen LogP) is 1.71. The van der Waals surface area contributed by atoms with E-state index >= 15 is 0 Å². The Labute approximate surface area is 127 Å². The van der Waals surface area contributed by atoms with Crippen molar-refractivity contribution in [3.05, 3.63) is 24.3 Å². The molecule has 1 N–H and O–H groups in total. The molecule has 1 aliphatic rings. The lowest BCUT2D eigenvalue weighted by Crippen LogP contribution is -2.28. The van der Waals surface area contributed by atoms with Crippen LogP contribution >= 0.6 is 0 Å². The zero-order valence-corrected chi connectivity index (χ0v) is 13.5. The second-order valence-electron chi connectivity index (χ2n) is 5.43. The summed E-state index contributed by atoms with van der Waals surface area (Å²) < 4.78 is 32.0. The van der Waals surface area contributed by atoms with E-state index in [4.69, 9.17) is 4.74 Å². The molecule has 0 spiro atoms. The van der Waals surface area contributed by atoms with Gasteiger partial charge < -0.3 is 10.1 Å². The fourth-order valence-corrected chi connectivity index (χ4v) is 3.96. The van der Waals surface area contributed by atoms with Crippen LogP contribution in [0.25, 0.3) is 0 Å². The normalized spacial score (nSPS) is 19.8. The maximum absolute atomic E-state index is 12.5. The zero-order chi connectivity index (χ0) is 15.3. The van der Waals surface area contributed by atoms with Gasteiger partial charge in [0.15, 0.2) is 0 Å². The molecule has 1 aliphatic heterocycles. The number of sulfonamides is 1. The third-order valence-electron chi connectivity index (χ3n) is 3.65. The molecule has 118 valence electrons. The second kappa shape index (κ2) is 7.24. The summed E-state index contributed by atoms with van der Waals surface area (Å²) in [6.45, 7) is 7.62. The molecule has 0 bridgehead atoms. The van der Waals surface area contributed by atoms with E-state index < -0.39 is 10.0 Å². The summed E-state index contributed by atoms with van der Waals surface area (Å²) >= 11 is 0. The molecular weight excluding hydrogens is 288 g/mol. The van der Waals surface area contributed by atoms with E-state index in [1.807, 2.05) is 6.92 Å². The molecule has 5 nitrogen and oxygen atoms in total. The van der Waals surface area contributed by atoms with Crippen LogP contribution in [-0.2, 0) is 10.0 Å². The monoisotopic (exact) mass is 312 g/mol. The molecule has 1 fully saturated rings. The van der Waals surface area contributed by atoms with Crippen molar-refractivity contribution in [2.75, 3.05) is 32.8 Å². The molecule has 2 rings (SSSR count). The number of likely N-dealkylation sites (N-methyl/N-ethyl adjacent to an activating group) is 1. The van der Waals surface area contributed by atoms with Crippen LogP contribution in [0.4, 0.5) is 0 Å². The molecule has 21 heavy (non-hydrogen) atoms. The molecule has 1 unspecified atom stereocenters. The Balaban J connectivity index is 1.98. The average Bonchev–Trinajstić information content (AvgIpc) is 2.91. The predicted molar refractivity (Wildman–Crippen MR) is 83.0 cm³/mol. The van der Waals surface area contributed by atoms with Gasteiger partial charge in [-0.1, -0.05) is 13.8 Å². The highest BCUT2D eigenvalue weighted by atomic mass is 32.2. The minimum Gasteiger partial charge on any atom is -0.492 e. The van der Waals surface area contributed by atoms with Gasteiger partial charge in [0, 0.05) is 19.6 Å². The lowest BCUT2D eigenvalue weighted by atomic mass is 10.2. The summed E-state index contributed by atoms with van der Waals surface area (Å²) in [6.07, 6.45) is 0.935. The Bertz CT molecular complexity index is 543. The zero-order valence-electron chi connectivity index (χ0n) is 12.7. The minimum absolute atomic E-state index is 0.343. The van der Waals surface area contributed by atoms with Crippen LogP contribution in [0, 0.1) is 5.92 Å². The quantitative estimate of drug-likeness (QED) is 0.779. The summed E-state index contributed by atoms with van der Waals surface area (Å²) in [4.78, 5) is 0.343. The molecule has 1 heterocycles. The van der Waals surface area contributed by atoms with Crippen molar-refractivity contribution in [1.82, 2.24) is 9.62 Å². The van der Waals surface area contributed by atoms with E-state index in [0.717, 1.165) is 19.5 Å². The molecule has 1 aromatic rings. The molecule has 1 atom stereocenters. The van der Waals surface area contributed by atoms with Crippen LogP contribution < -0.4 is 10.1 Å². The fourth-order valence-electron chi connectivity index (χ4n) is 2.39. The van der Waals surface area contributed by atoms with E-state index in [0.29, 0.717) is 36.3 Å². The van der Waals surface area contributed by atoms with Gasteiger partial charge in [0.05, 0.1) is 4.90 Å². The Morgan fingerprint density at radius 3 is 2.62 bits per heavy atom. The van der Waals surface area contributed by atoms with Crippen LogP contribution in [-0.4, -0.2) is 45.5 Å². The number of benzene rings is 1. The smallest absolute Gasteiger partial charge is 0.243 e. The Hall–Kier alpha value is -1.11. The summed E-state index contributed by atoms with van der Waals surface area (Å²) in [7, 11) is -3.35. The van der Waals surface area contributed by atoms with Gasteiger partial charge in [0.1, 0.15) is 12.4 Å². The Morgan fingerprint density at radius 1 is 1.33 bits per heavy atom. The molecular formula is C15H24N2O3S. The Morgan fingerprint density at radius 2 is 2.05 bits per heavy atom. The van der Waals surface area contributed by atoms with Gasteiger partial charge >= 0.3 is 0 Å². The third-order valence-corrected chi connectivity index (χ3v) is 5.53. The summed E-state index contributed by atoms with van der Waals surface area (Å²) in [5, 5.41) is 3.17. The van der Waals surface area contributed by atoms with Crippen molar-refractivity contribution >= 4 is 10.0 Å². The van der Waals surface area contributed by atoms with Crippen LogP contribution in [0.1, 0.15) is 20.3 Å². The number of nitrogens with one attached hydrogen (secondary N) is 1. The molecule has 1 aromatic carbocycles. The number of nitrogens with zero attached hydrogens (tertiary/aromatic N) is 1. The van der Waals surface area contributed by atoms with E-state index in [1.165, 1.54) is 0 Å². The van der Waals surface area contributed by atoms with Gasteiger partial charge in [-0.25, -0.2) is 8.42 Å². The molecule has 0 saturated carbocycles. The maximum Gasteiger partial charge on any atom is 0.243 e. The number of hydrogen-bond donors (Lipinski definition) is 1. The van der Waals surface area contributed by atoms with Gasteiger partial charge in [0.25, 0.3) is 0 Å². The average molecular weight is 312 g/mol. The number of ether oxygens (including phenoxy) is 1. The molecule has 1 saturated heterocycles. The topological polar surface area (TPSA) is 58.6 Å². The molecule has 0 amide bonds. The van der Waals surface area contributed by atoms with Crippen molar-refractivity contribution in [3.8, 4) is 5.75 Å². The van der Waals surface area contributed by atoms with Crippen molar-refractivity contribution in [1.29, 1.82) is 0 Å². The molecule has 0 aromatic heterocycles. The van der Waals surface area contributed by atoms with Crippen LogP contribution in [0.2, 0.25) is 0 Å². The highest BCUT2D eigenvalue weighted by Crippen LogP contribution is 2.25. The van der Waals surface area contributed by atoms with E-state index in [-0.39, 0.29) is 0 Å². The SMILES string of the molecule is CCNCCOc1ccc(S(=O)(=O)N2CCC(C)C2)cc1. The highest BCUT2D eigenvalue weighted by Gasteiger charge is 2.30. The Kier molecular flexibility index (Phi) is 5.61. The summed E-state index contributed by atoms with van der Waals surface area (Å²) in [5.74, 6) is 1.13. The maximum atomic E-state index is 12.5. The first-order valence-corrected chi connectivity index (χ1v) is 8.91. The molecule has 0 aliphatic carbocycles. The van der Waals surface area contributed by atoms with Crippen LogP contribution in [0.15, 0.2) is 29.2 Å². The van der Waals surface area contributed by atoms with Gasteiger partial charge in [-0.15, -0.1) is 0 Å². The van der Waals surface area contributed by atoms with Crippen molar-refractivity contribution < 1.29 is 13.2 Å². The van der Waals surface area contributed by atoms with Gasteiger partial charge in [-0.05, 0) is 43.1 Å². The van der Waals surface area contributed by atoms with E-state index in [9.17, 15) is 8.42 Å². The molecule has 6 heteroatoms. The molecule has 0 radical (unpaired) electrons. The van der Waals surface area contributed by atoms with E-state index in [1.54, 1.807) is 28.6 Å². The van der Waals surface area contributed by atoms with Gasteiger partial charge in [0.2, 0.25) is 10.0 Å². The highest BCUT2D eigenvalue weighted by molar-refractivity contribution is 7.89. The van der Waals surface area contributed by atoms with Crippen LogP contribution in [0.5, 0.6) is 5.75 Å². The first kappa shape index (κ1) is 16.3. The largest absolute Gasteiger partial charge is 0.492 e. The fraction of sp³-hybridized carbons (Fsp3) is 0.600. The third kappa shape index (κ3) is 4.18. The van der Waals surface area contributed by atoms with Crippen molar-refractivity contribution in [2.45, 2.75) is 25.2 Å². The minimum atomic E-state index is -3.35. The number of rotatable bonds is 7. The van der Waals surface area contributed by atoms with E-state index in [2.05, 4.69) is 12.2 Å². The van der Waals surface area contributed by atoms with Crippen LogP contribution in [0.3, 0.4) is 0 Å². The summed E-state index contributed by atoms with van der Waals surface area (Å²) in [6, 6.07) is 6.69. The first-order valence-electron chi connectivity index (χ1n) is 7.47. The standard InChI is InChI=1S/C15H24N2O3S/c1-3-16-9-11-20-14-4-6-15(7-5-14)21(18,19)17-10-8-13(2)12-17/h4-7,13,16H,3,8-12H2,1-2H3. The second-order valence-corrected chi connectivity index (χ2v) is 7.37. The first-order chi connectivity index (χ1) is 10.0.